The Morgan fingerprint density at radius 3 is 2.72 bits per heavy atom. The smallest absolute Gasteiger partial charge is 0.165 e. The van der Waals surface area contributed by atoms with Crippen molar-refractivity contribution in [3.63, 3.8) is 0 Å². The first-order chi connectivity index (χ1) is 8.54. The molecule has 3 nitrogen and oxygen atoms in total. The number of aliphatic hydroxyl groups is 1. The molecule has 102 valence electrons. The van der Waals surface area contributed by atoms with Gasteiger partial charge in [-0.15, -0.1) is 0 Å². The van der Waals surface area contributed by atoms with E-state index in [0.717, 1.165) is 24.9 Å². The molecule has 2 atom stereocenters. The molecular weight excluding hydrogens is 233 g/mol. The van der Waals surface area contributed by atoms with E-state index in [0.29, 0.717) is 0 Å². The van der Waals surface area contributed by atoms with Crippen molar-refractivity contribution in [3.8, 4) is 5.75 Å². The highest BCUT2D eigenvalue weighted by Crippen LogP contribution is 2.22. The van der Waals surface area contributed by atoms with E-state index >= 15 is 0 Å². The molecule has 0 fully saturated rings. The fraction of sp³-hybridized carbons (Fsp3) is 0.571. The Morgan fingerprint density at radius 2 is 2.11 bits per heavy atom. The van der Waals surface area contributed by atoms with Gasteiger partial charge in [0, 0.05) is 6.04 Å². The van der Waals surface area contributed by atoms with E-state index in [2.05, 4.69) is 5.32 Å². The van der Waals surface area contributed by atoms with E-state index in [1.54, 1.807) is 19.1 Å². The second kappa shape index (κ2) is 7.34. The van der Waals surface area contributed by atoms with Gasteiger partial charge in [-0.05, 0) is 50.9 Å². The average Bonchev–Trinajstić information content (AvgIpc) is 2.34. The summed E-state index contributed by atoms with van der Waals surface area (Å²) < 4.78 is 18.2. The molecule has 0 aromatic heterocycles. The minimum absolute atomic E-state index is 0.133. The standard InChI is InChI=1S/C14H22FNO2/c1-10(17)5-4-8-16-11(2)12-6-7-13(15)14(9-12)18-3/h6-7,9-11,16-17H,4-5,8H2,1-3H3. The van der Waals surface area contributed by atoms with Crippen molar-refractivity contribution < 1.29 is 14.2 Å². The van der Waals surface area contributed by atoms with Gasteiger partial charge in [0.1, 0.15) is 0 Å². The SMILES string of the molecule is COc1cc(C(C)NCCCC(C)O)ccc1F. The third kappa shape index (κ3) is 4.63. The number of aliphatic hydroxyl groups excluding tert-OH is 1. The van der Waals surface area contributed by atoms with Crippen molar-refractivity contribution in [2.45, 2.75) is 38.8 Å². The van der Waals surface area contributed by atoms with Crippen LogP contribution in [0.3, 0.4) is 0 Å². The number of nitrogens with one attached hydrogen (secondary N) is 1. The van der Waals surface area contributed by atoms with Crippen molar-refractivity contribution in [3.05, 3.63) is 29.6 Å². The molecule has 18 heavy (non-hydrogen) atoms. The van der Waals surface area contributed by atoms with Gasteiger partial charge in [-0.25, -0.2) is 4.39 Å². The van der Waals surface area contributed by atoms with Gasteiger partial charge in [0.15, 0.2) is 11.6 Å². The van der Waals surface area contributed by atoms with Gasteiger partial charge in [0.25, 0.3) is 0 Å². The fourth-order valence-electron chi connectivity index (χ4n) is 1.78. The predicted octanol–water partition coefficient (Wildman–Crippen LogP) is 2.65. The lowest BCUT2D eigenvalue weighted by molar-refractivity contribution is 0.181. The maximum absolute atomic E-state index is 13.3. The molecule has 4 heteroatoms. The first kappa shape index (κ1) is 14.9. The number of halogens is 1. The number of ether oxygens (including phenoxy) is 1. The molecule has 0 radical (unpaired) electrons. The summed E-state index contributed by atoms with van der Waals surface area (Å²) in [6.07, 6.45) is 1.44. The number of methoxy groups -OCH3 is 1. The van der Waals surface area contributed by atoms with Crippen LogP contribution < -0.4 is 10.1 Å². The van der Waals surface area contributed by atoms with Gasteiger partial charge >= 0.3 is 0 Å². The van der Waals surface area contributed by atoms with E-state index < -0.39 is 0 Å². The molecule has 0 aliphatic heterocycles. The summed E-state index contributed by atoms with van der Waals surface area (Å²) in [5.41, 5.74) is 0.991. The summed E-state index contributed by atoms with van der Waals surface area (Å²) in [4.78, 5) is 0. The summed E-state index contributed by atoms with van der Waals surface area (Å²) in [5.74, 6) is -0.0762. The lowest BCUT2D eigenvalue weighted by Gasteiger charge is -2.15. The van der Waals surface area contributed by atoms with Crippen molar-refractivity contribution in [2.24, 2.45) is 0 Å². The molecule has 0 aliphatic rings. The average molecular weight is 255 g/mol. The van der Waals surface area contributed by atoms with E-state index in [1.165, 1.54) is 13.2 Å². The molecule has 1 aromatic carbocycles. The van der Waals surface area contributed by atoms with Gasteiger partial charge in [-0.2, -0.15) is 0 Å². The second-order valence-electron chi connectivity index (χ2n) is 4.56. The number of benzene rings is 1. The zero-order chi connectivity index (χ0) is 13.5. The van der Waals surface area contributed by atoms with E-state index in [1.807, 2.05) is 6.92 Å². The first-order valence-electron chi connectivity index (χ1n) is 6.29. The topological polar surface area (TPSA) is 41.5 Å². The van der Waals surface area contributed by atoms with Crippen molar-refractivity contribution in [1.29, 1.82) is 0 Å². The molecular formula is C14H22FNO2. The van der Waals surface area contributed by atoms with Crippen LogP contribution in [0.15, 0.2) is 18.2 Å². The molecule has 0 amide bonds. The van der Waals surface area contributed by atoms with Gasteiger partial charge in [-0.1, -0.05) is 6.07 Å². The third-order valence-electron chi connectivity index (χ3n) is 2.92. The molecule has 2 unspecified atom stereocenters. The minimum atomic E-state index is -0.345. The number of hydrogen-bond donors (Lipinski definition) is 2. The van der Waals surface area contributed by atoms with E-state index in [9.17, 15) is 4.39 Å². The Labute approximate surface area is 108 Å². The molecule has 0 bridgehead atoms. The fourth-order valence-corrected chi connectivity index (χ4v) is 1.78. The van der Waals surface area contributed by atoms with Crippen molar-refractivity contribution in [1.82, 2.24) is 5.32 Å². The maximum Gasteiger partial charge on any atom is 0.165 e. The quantitative estimate of drug-likeness (QED) is 0.736. The summed E-state index contributed by atoms with van der Waals surface area (Å²) in [6.45, 7) is 4.63. The van der Waals surface area contributed by atoms with Crippen LogP contribution in [0.4, 0.5) is 4.39 Å². The summed E-state index contributed by atoms with van der Waals surface area (Å²) in [7, 11) is 1.46. The minimum Gasteiger partial charge on any atom is -0.494 e. The largest absolute Gasteiger partial charge is 0.494 e. The Kier molecular flexibility index (Phi) is 6.09. The lowest BCUT2D eigenvalue weighted by Crippen LogP contribution is -2.20. The van der Waals surface area contributed by atoms with Crippen molar-refractivity contribution in [2.75, 3.05) is 13.7 Å². The Hall–Kier alpha value is -1.13. The molecule has 0 spiro atoms. The maximum atomic E-state index is 13.3. The zero-order valence-electron chi connectivity index (χ0n) is 11.2. The zero-order valence-corrected chi connectivity index (χ0v) is 11.2. The molecule has 1 rings (SSSR count). The third-order valence-corrected chi connectivity index (χ3v) is 2.92. The highest BCUT2D eigenvalue weighted by molar-refractivity contribution is 5.31. The van der Waals surface area contributed by atoms with Crippen LogP contribution in [0.25, 0.3) is 0 Å². The highest BCUT2D eigenvalue weighted by Gasteiger charge is 2.09. The Morgan fingerprint density at radius 1 is 1.39 bits per heavy atom. The van der Waals surface area contributed by atoms with Crippen LogP contribution in [0, 0.1) is 5.82 Å². The van der Waals surface area contributed by atoms with Gasteiger partial charge in [0.2, 0.25) is 0 Å². The van der Waals surface area contributed by atoms with Crippen LogP contribution in [-0.4, -0.2) is 24.9 Å². The molecule has 0 saturated carbocycles. The Balaban J connectivity index is 2.48. The molecule has 0 saturated heterocycles. The van der Waals surface area contributed by atoms with Crippen LogP contribution >= 0.6 is 0 Å². The van der Waals surface area contributed by atoms with Gasteiger partial charge in [0.05, 0.1) is 13.2 Å². The number of hydrogen-bond acceptors (Lipinski definition) is 3. The van der Waals surface area contributed by atoms with E-state index in [4.69, 9.17) is 9.84 Å². The molecule has 1 aromatic rings. The monoisotopic (exact) mass is 255 g/mol. The lowest BCUT2D eigenvalue weighted by atomic mass is 10.1. The number of rotatable bonds is 7. The van der Waals surface area contributed by atoms with Crippen molar-refractivity contribution >= 4 is 0 Å². The van der Waals surface area contributed by atoms with Crippen LogP contribution in [-0.2, 0) is 0 Å². The van der Waals surface area contributed by atoms with Gasteiger partial charge < -0.3 is 15.2 Å². The van der Waals surface area contributed by atoms with Crippen LogP contribution in [0.5, 0.6) is 5.75 Å². The summed E-state index contributed by atoms with van der Waals surface area (Å²) in [6, 6.07) is 5.02. The second-order valence-corrected chi connectivity index (χ2v) is 4.56. The first-order valence-corrected chi connectivity index (χ1v) is 6.29. The normalized spacial score (nSPS) is 14.3. The molecule has 0 aliphatic carbocycles. The van der Waals surface area contributed by atoms with Crippen LogP contribution in [0.1, 0.15) is 38.3 Å². The Bertz CT molecular complexity index is 369. The molecule has 2 N–H and O–H groups in total. The summed E-state index contributed by atoms with van der Waals surface area (Å²) in [5, 5.41) is 12.5. The van der Waals surface area contributed by atoms with Crippen LogP contribution in [0.2, 0.25) is 0 Å². The van der Waals surface area contributed by atoms with E-state index in [-0.39, 0.29) is 23.7 Å². The molecule has 0 heterocycles. The highest BCUT2D eigenvalue weighted by atomic mass is 19.1. The summed E-state index contributed by atoms with van der Waals surface area (Å²) >= 11 is 0. The van der Waals surface area contributed by atoms with Gasteiger partial charge in [-0.3, -0.25) is 0 Å². The predicted molar refractivity (Wildman–Crippen MR) is 70.3 cm³/mol.